The van der Waals surface area contributed by atoms with Gasteiger partial charge in [-0.15, -0.1) is 0 Å². The molecule has 2 aromatic rings. The van der Waals surface area contributed by atoms with Gasteiger partial charge in [-0.2, -0.15) is 0 Å². The van der Waals surface area contributed by atoms with E-state index in [1.54, 1.807) is 26.8 Å². The minimum atomic E-state index is -1.60. The number of carbonyl (C=O) groups excluding carboxylic acids is 3. The summed E-state index contributed by atoms with van der Waals surface area (Å²) in [7, 11) is 0. The average molecular weight is 453 g/mol. The van der Waals surface area contributed by atoms with E-state index in [-0.39, 0.29) is 17.9 Å². The molecule has 172 valence electrons. The number of rotatable bonds is 2. The van der Waals surface area contributed by atoms with Gasteiger partial charge in [0.2, 0.25) is 17.7 Å². The Labute approximate surface area is 189 Å². The number of anilines is 1. The quantitative estimate of drug-likeness (QED) is 0.408. The number of hydrogen-bond donors (Lipinski definition) is 4. The second-order valence-corrected chi connectivity index (χ2v) is 9.92. The van der Waals surface area contributed by atoms with Crippen molar-refractivity contribution in [3.8, 4) is 11.5 Å². The monoisotopic (exact) mass is 453 g/mol. The van der Waals surface area contributed by atoms with Crippen molar-refractivity contribution in [1.29, 1.82) is 0 Å². The summed E-state index contributed by atoms with van der Waals surface area (Å²) in [5, 5.41) is 25.5. The fraction of sp³-hybridized carbons (Fsp3) is 0.375. The number of benzene rings is 2. The molecule has 0 saturated carbocycles. The van der Waals surface area contributed by atoms with E-state index in [1.165, 1.54) is 35.2 Å². The third kappa shape index (κ3) is 2.88. The topological polar surface area (TPSA) is 119 Å². The third-order valence-corrected chi connectivity index (χ3v) is 6.84. The molecule has 3 aliphatic rings. The molecule has 0 radical (unpaired) electrons. The zero-order valence-corrected chi connectivity index (χ0v) is 18.3. The Morgan fingerprint density at radius 2 is 1.76 bits per heavy atom. The molecule has 2 saturated heterocycles. The number of hydrogen-bond acceptors (Lipinski definition) is 6. The van der Waals surface area contributed by atoms with E-state index in [0.29, 0.717) is 16.8 Å². The summed E-state index contributed by atoms with van der Waals surface area (Å²) < 4.78 is 14.3. The van der Waals surface area contributed by atoms with Crippen molar-refractivity contribution in [3.05, 3.63) is 53.3 Å². The van der Waals surface area contributed by atoms with Crippen LogP contribution in [0.15, 0.2) is 36.4 Å². The lowest BCUT2D eigenvalue weighted by Crippen LogP contribution is -2.56. The largest absolute Gasteiger partial charge is 0.504 e. The molecule has 0 aliphatic carbocycles. The summed E-state index contributed by atoms with van der Waals surface area (Å²) in [5.74, 6) is -4.45. The number of aromatic hydroxyl groups is 2. The molecular formula is C24H24FN3O5. The molecule has 33 heavy (non-hydrogen) atoms. The summed E-state index contributed by atoms with van der Waals surface area (Å²) in [6.45, 7) is 5.25. The maximum Gasteiger partial charge on any atom is 0.250 e. The minimum absolute atomic E-state index is 0.200. The van der Waals surface area contributed by atoms with E-state index in [2.05, 4.69) is 10.6 Å². The lowest BCUT2D eigenvalue weighted by Gasteiger charge is -2.34. The molecule has 2 fully saturated rings. The summed E-state index contributed by atoms with van der Waals surface area (Å²) in [4.78, 5) is 41.8. The van der Waals surface area contributed by atoms with Gasteiger partial charge in [-0.05, 0) is 63.1 Å². The van der Waals surface area contributed by atoms with Gasteiger partial charge in [0.1, 0.15) is 11.4 Å². The Kier molecular flexibility index (Phi) is 4.39. The van der Waals surface area contributed by atoms with Crippen molar-refractivity contribution in [2.75, 3.05) is 5.32 Å². The number of nitrogens with one attached hydrogen (secondary N) is 2. The van der Waals surface area contributed by atoms with Crippen LogP contribution in [0.4, 0.5) is 10.1 Å². The second-order valence-electron chi connectivity index (χ2n) is 9.92. The zero-order valence-electron chi connectivity index (χ0n) is 18.3. The van der Waals surface area contributed by atoms with Gasteiger partial charge in [0.15, 0.2) is 11.5 Å². The van der Waals surface area contributed by atoms with Crippen molar-refractivity contribution in [2.45, 2.75) is 44.3 Å². The highest BCUT2D eigenvalue weighted by Gasteiger charge is 2.71. The molecule has 1 spiro atoms. The second kappa shape index (κ2) is 6.77. The van der Waals surface area contributed by atoms with Crippen LogP contribution in [0.25, 0.3) is 0 Å². The molecule has 3 heterocycles. The van der Waals surface area contributed by atoms with Crippen LogP contribution >= 0.6 is 0 Å². The molecule has 0 bridgehead atoms. The fourth-order valence-electron chi connectivity index (χ4n) is 5.56. The smallest absolute Gasteiger partial charge is 0.250 e. The molecule has 8 nitrogen and oxygen atoms in total. The van der Waals surface area contributed by atoms with E-state index in [1.807, 2.05) is 0 Å². The summed E-state index contributed by atoms with van der Waals surface area (Å²) in [6.07, 6.45) is 0.200. The van der Waals surface area contributed by atoms with Crippen LogP contribution in [0.2, 0.25) is 0 Å². The fourth-order valence-corrected chi connectivity index (χ4v) is 5.56. The number of phenols is 2. The van der Waals surface area contributed by atoms with E-state index < -0.39 is 52.5 Å². The van der Waals surface area contributed by atoms with Crippen LogP contribution in [-0.4, -0.2) is 44.4 Å². The first kappa shape index (κ1) is 21.4. The number of halogens is 1. The van der Waals surface area contributed by atoms with E-state index in [4.69, 9.17) is 0 Å². The molecule has 4 N–H and O–H groups in total. The summed E-state index contributed by atoms with van der Waals surface area (Å²) in [5.41, 5.74) is -1.11. The highest BCUT2D eigenvalue weighted by atomic mass is 19.1. The Morgan fingerprint density at radius 3 is 2.42 bits per heavy atom. The third-order valence-electron chi connectivity index (χ3n) is 6.84. The van der Waals surface area contributed by atoms with Crippen molar-refractivity contribution in [2.24, 2.45) is 11.8 Å². The van der Waals surface area contributed by atoms with Gasteiger partial charge >= 0.3 is 0 Å². The highest BCUT2D eigenvalue weighted by Crippen LogP contribution is 2.54. The number of carbonyl (C=O) groups is 3. The number of phenolic OH excluding ortho intramolecular Hbond substituents is 2. The summed E-state index contributed by atoms with van der Waals surface area (Å²) in [6, 6.07) is 7.56. The SMILES string of the molecule is CC(C)(C)N1C(=O)[C@@H]2[C@H](Cc3ccc(O)c(O)c3)N[C@]3(C(=O)Nc4ccc(F)cc43)[C@@H]2C1=O. The number of likely N-dealkylation sites (tertiary alicyclic amines) is 1. The Morgan fingerprint density at radius 1 is 1.03 bits per heavy atom. The highest BCUT2D eigenvalue weighted by molar-refractivity contribution is 6.15. The lowest BCUT2D eigenvalue weighted by atomic mass is 9.76. The maximum absolute atomic E-state index is 14.3. The van der Waals surface area contributed by atoms with Crippen molar-refractivity contribution >= 4 is 23.4 Å². The first-order valence-electron chi connectivity index (χ1n) is 10.7. The predicted octanol–water partition coefficient (Wildman–Crippen LogP) is 2.00. The van der Waals surface area contributed by atoms with Crippen molar-refractivity contribution in [3.63, 3.8) is 0 Å². The van der Waals surface area contributed by atoms with Crippen LogP contribution in [-0.2, 0) is 26.3 Å². The molecule has 4 atom stereocenters. The standard InChI is InChI=1S/C24H24FN3O5/c1-23(2,3)28-20(31)18-15(8-11-4-7-16(29)17(30)9-11)27-24(19(18)21(28)32)13-10-12(25)5-6-14(13)26-22(24)33/h4-7,9-10,15,18-19,27,29-30H,8H2,1-3H3,(H,26,33)/t15-,18+,19-,24-/m0/s1. The number of fused-ring (bicyclic) bond motifs is 4. The molecule has 3 aliphatic heterocycles. The molecule has 2 aromatic carbocycles. The van der Waals surface area contributed by atoms with E-state index >= 15 is 0 Å². The Bertz CT molecular complexity index is 1220. The molecule has 5 rings (SSSR count). The molecule has 0 aromatic heterocycles. The molecular weight excluding hydrogens is 429 g/mol. The minimum Gasteiger partial charge on any atom is -0.504 e. The predicted molar refractivity (Wildman–Crippen MR) is 116 cm³/mol. The van der Waals surface area contributed by atoms with Crippen LogP contribution in [0.5, 0.6) is 11.5 Å². The first-order valence-corrected chi connectivity index (χ1v) is 10.7. The normalized spacial score (nSPS) is 28.4. The van der Waals surface area contributed by atoms with Gasteiger partial charge in [-0.25, -0.2) is 4.39 Å². The number of imide groups is 1. The molecule has 9 heteroatoms. The van der Waals surface area contributed by atoms with E-state index in [9.17, 15) is 29.0 Å². The van der Waals surface area contributed by atoms with Gasteiger partial charge in [0.25, 0.3) is 0 Å². The lowest BCUT2D eigenvalue weighted by molar-refractivity contribution is -0.147. The first-order chi connectivity index (χ1) is 15.4. The maximum atomic E-state index is 14.3. The summed E-state index contributed by atoms with van der Waals surface area (Å²) >= 11 is 0. The van der Waals surface area contributed by atoms with Crippen LogP contribution in [0.3, 0.4) is 0 Å². The number of amides is 3. The molecule has 0 unspecified atom stereocenters. The Hall–Kier alpha value is -3.46. The van der Waals surface area contributed by atoms with E-state index in [0.717, 1.165) is 0 Å². The van der Waals surface area contributed by atoms with Crippen LogP contribution < -0.4 is 10.6 Å². The van der Waals surface area contributed by atoms with Gasteiger partial charge in [0.05, 0.1) is 11.8 Å². The Balaban J connectivity index is 1.66. The number of nitrogens with zero attached hydrogens (tertiary/aromatic N) is 1. The van der Waals surface area contributed by atoms with Crippen LogP contribution in [0, 0.1) is 17.7 Å². The van der Waals surface area contributed by atoms with Gasteiger partial charge in [-0.3, -0.25) is 24.6 Å². The zero-order chi connectivity index (χ0) is 23.9. The van der Waals surface area contributed by atoms with Gasteiger partial charge in [0, 0.05) is 22.8 Å². The van der Waals surface area contributed by atoms with Gasteiger partial charge < -0.3 is 15.5 Å². The van der Waals surface area contributed by atoms with Gasteiger partial charge in [-0.1, -0.05) is 6.07 Å². The van der Waals surface area contributed by atoms with Crippen molar-refractivity contribution in [1.82, 2.24) is 10.2 Å². The average Bonchev–Trinajstić information content (AvgIpc) is 3.29. The van der Waals surface area contributed by atoms with Crippen LogP contribution in [0.1, 0.15) is 31.9 Å². The van der Waals surface area contributed by atoms with Crippen molar-refractivity contribution < 1.29 is 29.0 Å². The molecule has 3 amide bonds.